The number of anilines is 2. The van der Waals surface area contributed by atoms with Crippen molar-refractivity contribution >= 4 is 28.9 Å². The largest absolute Gasteiger partial charge is 0.478 e. The quantitative estimate of drug-likeness (QED) is 0.591. The van der Waals surface area contributed by atoms with Gasteiger partial charge in [0.1, 0.15) is 0 Å². The normalized spacial score (nSPS) is 11.8. The van der Waals surface area contributed by atoms with E-state index in [0.29, 0.717) is 29.7 Å². The zero-order chi connectivity index (χ0) is 18.7. The van der Waals surface area contributed by atoms with Gasteiger partial charge in [0.05, 0.1) is 17.5 Å². The molecular formula is C18H16N6O2. The van der Waals surface area contributed by atoms with Gasteiger partial charge in [0.2, 0.25) is 5.95 Å². The van der Waals surface area contributed by atoms with Gasteiger partial charge in [-0.25, -0.2) is 14.8 Å². The molecule has 1 atom stereocenters. The van der Waals surface area contributed by atoms with Crippen LogP contribution in [-0.2, 0) is 6.42 Å². The first kappa shape index (κ1) is 17.1. The van der Waals surface area contributed by atoms with Gasteiger partial charge < -0.3 is 16.6 Å². The van der Waals surface area contributed by atoms with E-state index in [0.717, 1.165) is 5.56 Å². The van der Waals surface area contributed by atoms with Crippen LogP contribution in [0.15, 0.2) is 30.5 Å². The molecule has 0 aliphatic carbocycles. The van der Waals surface area contributed by atoms with Crippen molar-refractivity contribution in [2.45, 2.75) is 18.8 Å². The number of carboxylic acids is 1. The van der Waals surface area contributed by atoms with Crippen LogP contribution in [0.2, 0.25) is 0 Å². The first-order valence-electron chi connectivity index (χ1n) is 7.79. The fraction of sp³-hybridized carbons (Fsp3) is 0.167. The lowest BCUT2D eigenvalue weighted by molar-refractivity contribution is 0.0697. The minimum absolute atomic E-state index is 0.0366. The third-order valence-corrected chi connectivity index (χ3v) is 3.95. The van der Waals surface area contributed by atoms with Gasteiger partial charge >= 0.3 is 5.97 Å². The summed E-state index contributed by atoms with van der Waals surface area (Å²) in [6.45, 7) is 0. The standard InChI is InChI=1S/C18H16N6O2/c1-2-3-12(10-4-6-11(7-5-10)17(25)26)8-13-9-21-16-14(22-13)15(19)23-18(20)24-16/h1,4-7,9,12H,3,8H2,(H,25,26)(H4,19,20,21,23,24)/t12-/m0/s1. The fourth-order valence-corrected chi connectivity index (χ4v) is 2.68. The van der Waals surface area contributed by atoms with Crippen molar-refractivity contribution in [3.05, 3.63) is 47.3 Å². The molecule has 8 nitrogen and oxygen atoms in total. The van der Waals surface area contributed by atoms with E-state index in [-0.39, 0.29) is 23.2 Å². The Morgan fingerprint density at radius 3 is 2.58 bits per heavy atom. The van der Waals surface area contributed by atoms with Crippen LogP contribution in [0.1, 0.15) is 34.0 Å². The van der Waals surface area contributed by atoms with E-state index in [1.54, 1.807) is 30.5 Å². The Morgan fingerprint density at radius 1 is 1.19 bits per heavy atom. The molecule has 0 saturated heterocycles. The molecule has 3 aromatic rings. The lowest BCUT2D eigenvalue weighted by atomic mass is 9.91. The molecule has 1 aromatic carbocycles. The molecule has 0 unspecified atom stereocenters. The number of rotatable bonds is 5. The molecule has 5 N–H and O–H groups in total. The average molecular weight is 348 g/mol. The van der Waals surface area contributed by atoms with Crippen LogP contribution in [0.4, 0.5) is 11.8 Å². The van der Waals surface area contributed by atoms with E-state index in [1.807, 2.05) is 0 Å². The number of carboxylic acid groups (broad SMARTS) is 1. The van der Waals surface area contributed by atoms with Gasteiger partial charge in [-0.1, -0.05) is 12.1 Å². The van der Waals surface area contributed by atoms with Gasteiger partial charge in [-0.05, 0) is 24.1 Å². The highest BCUT2D eigenvalue weighted by molar-refractivity contribution is 5.87. The van der Waals surface area contributed by atoms with Crippen molar-refractivity contribution in [3.63, 3.8) is 0 Å². The molecule has 26 heavy (non-hydrogen) atoms. The average Bonchev–Trinajstić information content (AvgIpc) is 2.62. The van der Waals surface area contributed by atoms with Crippen LogP contribution >= 0.6 is 0 Å². The molecule has 0 amide bonds. The summed E-state index contributed by atoms with van der Waals surface area (Å²) < 4.78 is 0. The van der Waals surface area contributed by atoms with Crippen LogP contribution in [-0.4, -0.2) is 31.0 Å². The van der Waals surface area contributed by atoms with Crippen LogP contribution in [0.5, 0.6) is 0 Å². The second-order valence-electron chi connectivity index (χ2n) is 5.74. The Labute approximate surface area is 149 Å². The summed E-state index contributed by atoms with van der Waals surface area (Å²) in [7, 11) is 0. The highest BCUT2D eigenvalue weighted by atomic mass is 16.4. The molecule has 0 fully saturated rings. The van der Waals surface area contributed by atoms with Crippen molar-refractivity contribution in [2.75, 3.05) is 11.5 Å². The van der Waals surface area contributed by atoms with Gasteiger partial charge in [-0.3, -0.25) is 0 Å². The predicted molar refractivity (Wildman–Crippen MR) is 97.2 cm³/mol. The van der Waals surface area contributed by atoms with Crippen molar-refractivity contribution < 1.29 is 9.90 Å². The number of hydrogen-bond acceptors (Lipinski definition) is 7. The minimum Gasteiger partial charge on any atom is -0.478 e. The Balaban J connectivity index is 1.91. The lowest BCUT2D eigenvalue weighted by Crippen LogP contribution is -2.08. The smallest absolute Gasteiger partial charge is 0.335 e. The number of terminal acetylenes is 1. The highest BCUT2D eigenvalue weighted by Crippen LogP contribution is 2.25. The van der Waals surface area contributed by atoms with E-state index >= 15 is 0 Å². The van der Waals surface area contributed by atoms with Crippen molar-refractivity contribution in [3.8, 4) is 12.3 Å². The summed E-state index contributed by atoms with van der Waals surface area (Å²) in [5.74, 6) is 1.85. The number of aromatic carboxylic acids is 1. The van der Waals surface area contributed by atoms with Gasteiger partial charge in [-0.15, -0.1) is 12.3 Å². The maximum absolute atomic E-state index is 11.0. The molecule has 2 heterocycles. The summed E-state index contributed by atoms with van der Waals surface area (Å²) in [5.41, 5.74) is 14.0. The van der Waals surface area contributed by atoms with Crippen molar-refractivity contribution in [1.29, 1.82) is 0 Å². The number of nitrogens with two attached hydrogens (primary N) is 2. The third kappa shape index (κ3) is 3.52. The zero-order valence-corrected chi connectivity index (χ0v) is 13.8. The van der Waals surface area contributed by atoms with Gasteiger partial charge in [0.25, 0.3) is 0 Å². The maximum Gasteiger partial charge on any atom is 0.335 e. The molecule has 0 aliphatic heterocycles. The minimum atomic E-state index is -0.972. The Hall–Kier alpha value is -3.73. The number of hydrogen-bond donors (Lipinski definition) is 3. The van der Waals surface area contributed by atoms with E-state index in [4.69, 9.17) is 23.0 Å². The summed E-state index contributed by atoms with van der Waals surface area (Å²) in [6.07, 6.45) is 8.09. The van der Waals surface area contributed by atoms with Crippen LogP contribution in [0, 0.1) is 12.3 Å². The van der Waals surface area contributed by atoms with Crippen molar-refractivity contribution in [2.24, 2.45) is 0 Å². The van der Waals surface area contributed by atoms with E-state index < -0.39 is 5.97 Å². The van der Waals surface area contributed by atoms with Crippen LogP contribution in [0.25, 0.3) is 11.2 Å². The number of benzene rings is 1. The summed E-state index contributed by atoms with van der Waals surface area (Å²) in [4.78, 5) is 27.6. The maximum atomic E-state index is 11.0. The molecule has 130 valence electrons. The molecule has 8 heteroatoms. The second-order valence-corrected chi connectivity index (χ2v) is 5.74. The number of nitrogens with zero attached hydrogens (tertiary/aromatic N) is 4. The molecular weight excluding hydrogens is 332 g/mol. The first-order chi connectivity index (χ1) is 12.5. The molecule has 0 radical (unpaired) electrons. The summed E-state index contributed by atoms with van der Waals surface area (Å²) in [5, 5.41) is 9.02. The molecule has 0 saturated carbocycles. The topological polar surface area (TPSA) is 141 Å². The van der Waals surface area contributed by atoms with Gasteiger partial charge in [-0.2, -0.15) is 9.97 Å². The Kier molecular flexibility index (Phi) is 4.62. The Bertz CT molecular complexity index is 1010. The lowest BCUT2D eigenvalue weighted by Gasteiger charge is -2.15. The monoisotopic (exact) mass is 348 g/mol. The molecule has 3 rings (SSSR count). The zero-order valence-electron chi connectivity index (χ0n) is 13.8. The van der Waals surface area contributed by atoms with E-state index in [2.05, 4.69) is 25.9 Å². The molecule has 0 aliphatic rings. The second kappa shape index (κ2) is 7.03. The van der Waals surface area contributed by atoms with Crippen LogP contribution in [0.3, 0.4) is 0 Å². The third-order valence-electron chi connectivity index (χ3n) is 3.95. The number of nitrogen functional groups attached to an aromatic ring is 2. The predicted octanol–water partition coefficient (Wildman–Crippen LogP) is 1.63. The Morgan fingerprint density at radius 2 is 1.92 bits per heavy atom. The molecule has 2 aromatic heterocycles. The van der Waals surface area contributed by atoms with Gasteiger partial charge in [0, 0.05) is 12.3 Å². The van der Waals surface area contributed by atoms with E-state index in [1.165, 1.54) is 0 Å². The van der Waals surface area contributed by atoms with Gasteiger partial charge in [0.15, 0.2) is 17.0 Å². The molecule has 0 spiro atoms. The number of aromatic nitrogens is 4. The first-order valence-corrected chi connectivity index (χ1v) is 7.79. The number of carbonyl (C=O) groups is 1. The van der Waals surface area contributed by atoms with E-state index in [9.17, 15) is 4.79 Å². The summed E-state index contributed by atoms with van der Waals surface area (Å²) in [6, 6.07) is 6.64. The summed E-state index contributed by atoms with van der Waals surface area (Å²) >= 11 is 0. The van der Waals surface area contributed by atoms with Crippen LogP contribution < -0.4 is 11.5 Å². The number of fused-ring (bicyclic) bond motifs is 1. The highest BCUT2D eigenvalue weighted by Gasteiger charge is 2.15. The van der Waals surface area contributed by atoms with Crippen molar-refractivity contribution in [1.82, 2.24) is 19.9 Å². The SMILES string of the molecule is C#CC[C@@H](Cc1cnc2nc(N)nc(N)c2n1)c1ccc(C(=O)O)cc1. The fourth-order valence-electron chi connectivity index (χ4n) is 2.68. The molecule has 0 bridgehead atoms.